The van der Waals surface area contributed by atoms with Crippen LogP contribution in [0.4, 0.5) is 0 Å². The summed E-state index contributed by atoms with van der Waals surface area (Å²) in [5.41, 5.74) is 0. The molecule has 1 amide bonds. The van der Waals surface area contributed by atoms with E-state index in [1.807, 2.05) is 14.1 Å². The Labute approximate surface area is 122 Å². The Morgan fingerprint density at radius 2 is 2.17 bits per heavy atom. The van der Waals surface area contributed by atoms with Gasteiger partial charge in [-0.05, 0) is 21.0 Å². The van der Waals surface area contributed by atoms with Gasteiger partial charge in [-0.1, -0.05) is 0 Å². The summed E-state index contributed by atoms with van der Waals surface area (Å²) in [5.74, 6) is 0.0942. The third-order valence-corrected chi connectivity index (χ3v) is 2.91. The summed E-state index contributed by atoms with van der Waals surface area (Å²) in [7, 11) is 4.01. The Hall–Kier alpha value is -0.0700. The second kappa shape index (κ2) is 10.8. The largest absolute Gasteiger partial charge is 0.378 e. The molecule has 0 spiro atoms. The highest BCUT2D eigenvalue weighted by Gasteiger charge is 2.17. The van der Waals surface area contributed by atoms with Crippen molar-refractivity contribution in [2.24, 2.45) is 0 Å². The molecule has 0 aromatic heterocycles. The number of carbonyl (C=O) groups is 1. The van der Waals surface area contributed by atoms with Crippen molar-refractivity contribution in [3.8, 4) is 0 Å². The lowest BCUT2D eigenvalue weighted by Crippen LogP contribution is -2.45. The van der Waals surface area contributed by atoms with E-state index < -0.39 is 0 Å². The average Bonchev–Trinajstić information content (AvgIpc) is 2.27. The molecule has 7 heteroatoms. The van der Waals surface area contributed by atoms with Crippen LogP contribution in [0.2, 0.25) is 0 Å². The van der Waals surface area contributed by atoms with Crippen molar-refractivity contribution in [2.45, 2.75) is 25.4 Å². The van der Waals surface area contributed by atoms with Gasteiger partial charge in [-0.15, -0.1) is 24.8 Å². The van der Waals surface area contributed by atoms with E-state index in [4.69, 9.17) is 4.74 Å². The van der Waals surface area contributed by atoms with Gasteiger partial charge in [-0.3, -0.25) is 4.79 Å². The zero-order valence-electron chi connectivity index (χ0n) is 11.3. The zero-order valence-corrected chi connectivity index (χ0v) is 12.9. The molecule has 18 heavy (non-hydrogen) atoms. The number of ether oxygens (including phenoxy) is 1. The van der Waals surface area contributed by atoms with Gasteiger partial charge < -0.3 is 20.3 Å². The van der Waals surface area contributed by atoms with Gasteiger partial charge in [-0.2, -0.15) is 0 Å². The fourth-order valence-electron chi connectivity index (χ4n) is 1.49. The molecule has 1 heterocycles. The summed E-state index contributed by atoms with van der Waals surface area (Å²) < 4.78 is 5.30. The first-order chi connectivity index (χ1) is 7.59. The summed E-state index contributed by atoms with van der Waals surface area (Å²) in [6.07, 6.45) is 0.500. The van der Waals surface area contributed by atoms with Crippen LogP contribution in [0.15, 0.2) is 0 Å². The number of amides is 1. The first-order valence-electron chi connectivity index (χ1n) is 5.84. The van der Waals surface area contributed by atoms with E-state index in [0.29, 0.717) is 25.6 Å². The van der Waals surface area contributed by atoms with Gasteiger partial charge >= 0.3 is 0 Å². The van der Waals surface area contributed by atoms with Crippen molar-refractivity contribution in [1.82, 2.24) is 15.5 Å². The van der Waals surface area contributed by atoms with Crippen LogP contribution in [-0.4, -0.2) is 63.3 Å². The molecule has 1 fully saturated rings. The number of hydrogen-bond acceptors (Lipinski definition) is 4. The molecular weight excluding hydrogens is 277 g/mol. The normalized spacial score (nSPS) is 20.6. The summed E-state index contributed by atoms with van der Waals surface area (Å²) in [6.45, 7) is 5.00. The molecule has 0 aromatic carbocycles. The Bertz CT molecular complexity index is 224. The Morgan fingerprint density at radius 1 is 1.50 bits per heavy atom. The van der Waals surface area contributed by atoms with Crippen molar-refractivity contribution in [3.05, 3.63) is 0 Å². The van der Waals surface area contributed by atoms with E-state index >= 15 is 0 Å². The zero-order chi connectivity index (χ0) is 12.0. The highest BCUT2D eigenvalue weighted by molar-refractivity contribution is 5.85. The van der Waals surface area contributed by atoms with Gasteiger partial charge in [0.15, 0.2) is 0 Å². The van der Waals surface area contributed by atoms with E-state index in [0.717, 1.165) is 13.2 Å². The molecule has 1 aliphatic heterocycles. The first-order valence-corrected chi connectivity index (χ1v) is 5.84. The van der Waals surface area contributed by atoms with Gasteiger partial charge in [0.1, 0.15) is 0 Å². The predicted molar refractivity (Wildman–Crippen MR) is 77.9 cm³/mol. The van der Waals surface area contributed by atoms with Crippen LogP contribution < -0.4 is 10.6 Å². The third-order valence-electron chi connectivity index (χ3n) is 2.91. The third kappa shape index (κ3) is 8.11. The topological polar surface area (TPSA) is 53.6 Å². The van der Waals surface area contributed by atoms with E-state index in [9.17, 15) is 4.79 Å². The number of hydrogen-bond donors (Lipinski definition) is 2. The molecule has 0 aromatic rings. The highest BCUT2D eigenvalue weighted by Crippen LogP contribution is 1.98. The quantitative estimate of drug-likeness (QED) is 0.766. The van der Waals surface area contributed by atoms with E-state index in [1.54, 1.807) is 0 Å². The molecule has 1 rings (SSSR count). The maximum absolute atomic E-state index is 11.6. The fourth-order valence-corrected chi connectivity index (χ4v) is 1.49. The smallest absolute Gasteiger partial charge is 0.221 e. The molecule has 0 bridgehead atoms. The minimum absolute atomic E-state index is 0. The number of morpholine rings is 1. The number of halogens is 2. The molecule has 1 aliphatic rings. The van der Waals surface area contributed by atoms with Gasteiger partial charge in [0.2, 0.25) is 5.91 Å². The lowest BCUT2D eigenvalue weighted by Gasteiger charge is -2.24. The maximum Gasteiger partial charge on any atom is 0.221 e. The summed E-state index contributed by atoms with van der Waals surface area (Å²) in [4.78, 5) is 13.7. The standard InChI is InChI=1S/C11H23N3O2.2ClH/c1-9(14(2)3)7-13-11(15)6-10-8-16-5-4-12-10;;/h9-10,12H,4-8H2,1-3H3,(H,13,15);2*1H. The second-order valence-electron chi connectivity index (χ2n) is 4.55. The van der Waals surface area contributed by atoms with Crippen LogP contribution >= 0.6 is 24.8 Å². The highest BCUT2D eigenvalue weighted by atomic mass is 35.5. The van der Waals surface area contributed by atoms with E-state index in [1.165, 1.54) is 0 Å². The summed E-state index contributed by atoms with van der Waals surface area (Å²) >= 11 is 0. The summed E-state index contributed by atoms with van der Waals surface area (Å²) in [6, 6.07) is 0.530. The van der Waals surface area contributed by atoms with Gasteiger partial charge in [0.25, 0.3) is 0 Å². The molecule has 2 atom stereocenters. The minimum Gasteiger partial charge on any atom is -0.378 e. The van der Waals surface area contributed by atoms with Crippen molar-refractivity contribution in [1.29, 1.82) is 0 Å². The molecule has 1 saturated heterocycles. The molecule has 2 N–H and O–H groups in total. The van der Waals surface area contributed by atoms with Gasteiger partial charge in [0.05, 0.1) is 13.2 Å². The number of nitrogens with one attached hydrogen (secondary N) is 2. The number of nitrogens with zero attached hydrogens (tertiary/aromatic N) is 1. The molecule has 5 nitrogen and oxygen atoms in total. The average molecular weight is 302 g/mol. The predicted octanol–water partition coefficient (Wildman–Crippen LogP) is 0.275. The Balaban J connectivity index is 0. The van der Waals surface area contributed by atoms with Crippen LogP contribution in [0.1, 0.15) is 13.3 Å². The molecule has 2 unspecified atom stereocenters. The van der Waals surface area contributed by atoms with Crippen molar-refractivity contribution >= 4 is 30.7 Å². The number of carbonyl (C=O) groups excluding carboxylic acids is 1. The molecule has 110 valence electrons. The van der Waals surface area contributed by atoms with Crippen LogP contribution in [0.5, 0.6) is 0 Å². The van der Waals surface area contributed by atoms with Crippen molar-refractivity contribution < 1.29 is 9.53 Å². The molecule has 0 aliphatic carbocycles. The lowest BCUT2D eigenvalue weighted by atomic mass is 10.2. The van der Waals surface area contributed by atoms with Crippen molar-refractivity contribution in [3.63, 3.8) is 0 Å². The SMILES string of the molecule is CC(CNC(=O)CC1COCCN1)N(C)C.Cl.Cl. The number of rotatable bonds is 5. The van der Waals surface area contributed by atoms with E-state index in [-0.39, 0.29) is 36.8 Å². The first kappa shape index (κ1) is 20.3. The Kier molecular flexibility index (Phi) is 12.2. The Morgan fingerprint density at radius 3 is 2.67 bits per heavy atom. The van der Waals surface area contributed by atoms with E-state index in [2.05, 4.69) is 22.5 Å². The van der Waals surface area contributed by atoms with Crippen LogP contribution in [-0.2, 0) is 9.53 Å². The summed E-state index contributed by atoms with van der Waals surface area (Å²) in [5, 5.41) is 6.20. The monoisotopic (exact) mass is 301 g/mol. The van der Waals surface area contributed by atoms with Crippen LogP contribution in [0.25, 0.3) is 0 Å². The number of likely N-dealkylation sites (N-methyl/N-ethyl adjacent to an activating group) is 1. The van der Waals surface area contributed by atoms with Gasteiger partial charge in [-0.25, -0.2) is 0 Å². The van der Waals surface area contributed by atoms with Crippen LogP contribution in [0.3, 0.4) is 0 Å². The maximum atomic E-state index is 11.6. The molecule has 0 radical (unpaired) electrons. The lowest BCUT2D eigenvalue weighted by molar-refractivity contribution is -0.122. The fraction of sp³-hybridized carbons (Fsp3) is 0.909. The van der Waals surface area contributed by atoms with Crippen LogP contribution in [0, 0.1) is 0 Å². The van der Waals surface area contributed by atoms with Gasteiger partial charge in [0, 0.05) is 31.6 Å². The molecule has 0 saturated carbocycles. The van der Waals surface area contributed by atoms with Crippen molar-refractivity contribution in [2.75, 3.05) is 40.4 Å². The minimum atomic E-state index is 0. The molecular formula is C11H25Cl2N3O2. The second-order valence-corrected chi connectivity index (χ2v) is 4.55.